The molecule has 0 fully saturated rings. The highest BCUT2D eigenvalue weighted by Crippen LogP contribution is 2.36. The zero-order valence-electron chi connectivity index (χ0n) is 17.4. The standard InChI is InChI=1S/C24H22Cl2N4O/c1-14(17-6-4-5-7-19(17)25)30-22-18-10-15(8-9-21(18)27-13-20(22)26)16-11-28-23(29-12-16)24(2,3)31/h4-14,31H,1-3H3,(H,27,30). The first kappa shape index (κ1) is 21.5. The molecule has 0 spiro atoms. The zero-order valence-corrected chi connectivity index (χ0v) is 18.9. The lowest BCUT2D eigenvalue weighted by Gasteiger charge is -2.20. The second-order valence-corrected chi connectivity index (χ2v) is 8.77. The van der Waals surface area contributed by atoms with E-state index in [4.69, 9.17) is 23.2 Å². The molecule has 0 aliphatic rings. The van der Waals surface area contributed by atoms with Gasteiger partial charge in [-0.15, -0.1) is 0 Å². The van der Waals surface area contributed by atoms with Crippen LogP contribution in [0, 0.1) is 0 Å². The maximum Gasteiger partial charge on any atom is 0.159 e. The number of pyridine rings is 1. The summed E-state index contributed by atoms with van der Waals surface area (Å²) >= 11 is 12.9. The van der Waals surface area contributed by atoms with Crippen LogP contribution in [0.4, 0.5) is 5.69 Å². The number of fused-ring (bicyclic) bond motifs is 1. The van der Waals surface area contributed by atoms with Gasteiger partial charge in [0.1, 0.15) is 5.60 Å². The highest BCUT2D eigenvalue weighted by molar-refractivity contribution is 6.34. The maximum atomic E-state index is 10.1. The first-order valence-corrected chi connectivity index (χ1v) is 10.6. The minimum atomic E-state index is -1.09. The largest absolute Gasteiger partial charge is 0.382 e. The summed E-state index contributed by atoms with van der Waals surface area (Å²) < 4.78 is 0. The molecule has 2 aromatic heterocycles. The monoisotopic (exact) mass is 452 g/mol. The first-order chi connectivity index (χ1) is 14.7. The van der Waals surface area contributed by atoms with Gasteiger partial charge in [0.2, 0.25) is 0 Å². The minimum absolute atomic E-state index is 0.0603. The van der Waals surface area contributed by atoms with Gasteiger partial charge in [0.15, 0.2) is 5.82 Å². The number of hydrogen-bond donors (Lipinski definition) is 2. The fourth-order valence-electron chi connectivity index (χ4n) is 3.41. The minimum Gasteiger partial charge on any atom is -0.382 e. The second kappa shape index (κ2) is 8.42. The quantitative estimate of drug-likeness (QED) is 0.366. The lowest BCUT2D eigenvalue weighted by Crippen LogP contribution is -2.19. The lowest BCUT2D eigenvalue weighted by atomic mass is 10.0. The van der Waals surface area contributed by atoms with Crippen molar-refractivity contribution in [2.45, 2.75) is 32.4 Å². The Morgan fingerprint density at radius 2 is 1.61 bits per heavy atom. The van der Waals surface area contributed by atoms with Crippen molar-refractivity contribution in [3.05, 3.63) is 82.5 Å². The van der Waals surface area contributed by atoms with Gasteiger partial charge in [-0.1, -0.05) is 47.5 Å². The van der Waals surface area contributed by atoms with Crippen LogP contribution in [-0.4, -0.2) is 20.1 Å². The van der Waals surface area contributed by atoms with Crippen LogP contribution in [0.5, 0.6) is 0 Å². The van der Waals surface area contributed by atoms with Crippen molar-refractivity contribution in [2.75, 3.05) is 5.32 Å². The Hall–Kier alpha value is -2.73. The third-order valence-electron chi connectivity index (χ3n) is 5.09. The van der Waals surface area contributed by atoms with Gasteiger partial charge < -0.3 is 10.4 Å². The van der Waals surface area contributed by atoms with Crippen molar-refractivity contribution >= 4 is 39.8 Å². The highest BCUT2D eigenvalue weighted by Gasteiger charge is 2.19. The van der Waals surface area contributed by atoms with E-state index in [-0.39, 0.29) is 6.04 Å². The summed E-state index contributed by atoms with van der Waals surface area (Å²) in [5.41, 5.74) is 3.25. The van der Waals surface area contributed by atoms with Crippen molar-refractivity contribution in [2.24, 2.45) is 0 Å². The van der Waals surface area contributed by atoms with Gasteiger partial charge in [-0.25, -0.2) is 9.97 Å². The van der Waals surface area contributed by atoms with Gasteiger partial charge >= 0.3 is 0 Å². The van der Waals surface area contributed by atoms with Crippen LogP contribution in [-0.2, 0) is 5.60 Å². The van der Waals surface area contributed by atoms with Crippen molar-refractivity contribution in [3.63, 3.8) is 0 Å². The molecule has 0 amide bonds. The number of hydrogen-bond acceptors (Lipinski definition) is 5. The van der Waals surface area contributed by atoms with E-state index in [0.717, 1.165) is 33.3 Å². The summed E-state index contributed by atoms with van der Waals surface area (Å²) in [6.45, 7) is 5.35. The number of nitrogens with one attached hydrogen (secondary N) is 1. The predicted octanol–water partition coefficient (Wildman–Crippen LogP) is 6.40. The summed E-state index contributed by atoms with van der Waals surface area (Å²) in [4.78, 5) is 13.1. The Morgan fingerprint density at radius 1 is 0.903 bits per heavy atom. The summed E-state index contributed by atoms with van der Waals surface area (Å²) in [6, 6.07) is 13.6. The molecule has 0 saturated carbocycles. The van der Waals surface area contributed by atoms with Crippen LogP contribution in [0.25, 0.3) is 22.0 Å². The van der Waals surface area contributed by atoms with E-state index in [1.54, 1.807) is 32.4 Å². The molecule has 0 bridgehead atoms. The van der Waals surface area contributed by atoms with Gasteiger partial charge in [-0.2, -0.15) is 0 Å². The van der Waals surface area contributed by atoms with Crippen LogP contribution in [0.3, 0.4) is 0 Å². The van der Waals surface area contributed by atoms with Gasteiger partial charge in [0.25, 0.3) is 0 Å². The van der Waals surface area contributed by atoms with E-state index in [0.29, 0.717) is 15.9 Å². The molecule has 7 heteroatoms. The number of aliphatic hydroxyl groups is 1. The van der Waals surface area contributed by atoms with Crippen molar-refractivity contribution in [1.82, 2.24) is 15.0 Å². The smallest absolute Gasteiger partial charge is 0.159 e. The predicted molar refractivity (Wildman–Crippen MR) is 127 cm³/mol. The van der Waals surface area contributed by atoms with E-state index in [2.05, 4.69) is 20.3 Å². The molecule has 0 aliphatic heterocycles. The van der Waals surface area contributed by atoms with Crippen LogP contribution < -0.4 is 5.32 Å². The third kappa shape index (κ3) is 4.49. The summed E-state index contributed by atoms with van der Waals surface area (Å²) in [5, 5.41) is 15.7. The SMILES string of the molecule is CC(Nc1c(Cl)cnc2ccc(-c3cnc(C(C)(C)O)nc3)cc12)c1ccccc1Cl. The maximum absolute atomic E-state index is 10.1. The topological polar surface area (TPSA) is 70.9 Å². The van der Waals surface area contributed by atoms with Crippen LogP contribution in [0.2, 0.25) is 10.0 Å². The van der Waals surface area contributed by atoms with E-state index in [1.807, 2.05) is 49.4 Å². The molecule has 158 valence electrons. The first-order valence-electron chi connectivity index (χ1n) is 9.88. The Bertz CT molecular complexity index is 1240. The summed E-state index contributed by atoms with van der Waals surface area (Å²) in [5.74, 6) is 0.373. The highest BCUT2D eigenvalue weighted by atomic mass is 35.5. The molecule has 4 rings (SSSR count). The van der Waals surface area contributed by atoms with E-state index < -0.39 is 5.60 Å². The number of aromatic nitrogens is 3. The lowest BCUT2D eigenvalue weighted by molar-refractivity contribution is 0.0687. The van der Waals surface area contributed by atoms with Crippen molar-refractivity contribution in [3.8, 4) is 11.1 Å². The molecule has 4 aromatic rings. The van der Waals surface area contributed by atoms with E-state index >= 15 is 0 Å². The zero-order chi connectivity index (χ0) is 22.2. The molecule has 2 N–H and O–H groups in total. The van der Waals surface area contributed by atoms with Crippen LogP contribution in [0.15, 0.2) is 61.1 Å². The molecule has 2 aromatic carbocycles. The average molecular weight is 453 g/mol. The van der Waals surface area contributed by atoms with Crippen molar-refractivity contribution in [1.29, 1.82) is 0 Å². The van der Waals surface area contributed by atoms with Gasteiger partial charge in [0.05, 0.1) is 22.3 Å². The number of nitrogens with zero attached hydrogens (tertiary/aromatic N) is 3. The summed E-state index contributed by atoms with van der Waals surface area (Å²) in [7, 11) is 0. The van der Waals surface area contributed by atoms with Gasteiger partial charge in [0, 0.05) is 34.6 Å². The summed E-state index contributed by atoms with van der Waals surface area (Å²) in [6.07, 6.45) is 5.06. The normalized spacial score (nSPS) is 12.7. The molecular weight excluding hydrogens is 431 g/mol. The number of rotatable bonds is 5. The molecule has 0 saturated heterocycles. The Morgan fingerprint density at radius 3 is 2.29 bits per heavy atom. The Kier molecular flexibility index (Phi) is 5.84. The molecule has 1 unspecified atom stereocenters. The van der Waals surface area contributed by atoms with E-state index in [1.165, 1.54) is 0 Å². The number of benzene rings is 2. The molecule has 1 atom stereocenters. The fraction of sp³-hybridized carbons (Fsp3) is 0.208. The number of anilines is 1. The molecule has 5 nitrogen and oxygen atoms in total. The molecule has 2 heterocycles. The van der Waals surface area contributed by atoms with Crippen molar-refractivity contribution < 1.29 is 5.11 Å². The van der Waals surface area contributed by atoms with Crippen LogP contribution in [0.1, 0.15) is 38.2 Å². The molecular formula is C24H22Cl2N4O. The van der Waals surface area contributed by atoms with Crippen LogP contribution >= 0.6 is 23.2 Å². The Balaban J connectivity index is 1.74. The van der Waals surface area contributed by atoms with Gasteiger partial charge in [-0.05, 0) is 50.1 Å². The van der Waals surface area contributed by atoms with E-state index in [9.17, 15) is 5.11 Å². The second-order valence-electron chi connectivity index (χ2n) is 7.95. The molecule has 0 aliphatic carbocycles. The molecule has 31 heavy (non-hydrogen) atoms. The fourth-order valence-corrected chi connectivity index (χ4v) is 3.91. The molecule has 0 radical (unpaired) electrons. The number of halogens is 2. The third-order valence-corrected chi connectivity index (χ3v) is 5.72. The Labute approximate surface area is 191 Å². The van der Waals surface area contributed by atoms with Gasteiger partial charge in [-0.3, -0.25) is 4.98 Å². The average Bonchev–Trinajstić information content (AvgIpc) is 2.75.